The van der Waals surface area contributed by atoms with E-state index in [0.717, 1.165) is 5.56 Å². The maximum Gasteiger partial charge on any atom is 0.193 e. The van der Waals surface area contributed by atoms with Crippen LogP contribution < -0.4 is 0 Å². The molecule has 0 aliphatic heterocycles. The van der Waals surface area contributed by atoms with Gasteiger partial charge in [-0.25, -0.2) is 0 Å². The topological polar surface area (TPSA) is 13.1 Å². The summed E-state index contributed by atoms with van der Waals surface area (Å²) in [5, 5.41) is 0.354. The number of hydrogen-bond acceptors (Lipinski definition) is 2. The van der Waals surface area contributed by atoms with Gasteiger partial charge < -0.3 is 4.42 Å². The van der Waals surface area contributed by atoms with Gasteiger partial charge in [0.25, 0.3) is 0 Å². The molecule has 0 amide bonds. The molecule has 0 N–H and O–H groups in total. The molecule has 0 aromatic carbocycles. The van der Waals surface area contributed by atoms with E-state index in [4.69, 9.17) is 39.2 Å². The fourth-order valence-electron chi connectivity index (χ4n) is 1.14. The second-order valence-electron chi connectivity index (χ2n) is 2.78. The van der Waals surface area contributed by atoms with E-state index < -0.39 is 0 Å². The Morgan fingerprint density at radius 3 is 2.47 bits per heavy atom. The molecule has 0 bridgehead atoms. The van der Waals surface area contributed by atoms with Crippen LogP contribution in [-0.4, -0.2) is 0 Å². The Balaban J connectivity index is 2.35. The molecule has 0 aliphatic carbocycles. The lowest BCUT2D eigenvalue weighted by atomic mass is 10.2. The predicted molar refractivity (Wildman–Crippen MR) is 68.8 cm³/mol. The van der Waals surface area contributed by atoms with Crippen LogP contribution in [0.5, 0.6) is 0 Å². The van der Waals surface area contributed by atoms with Gasteiger partial charge >= 0.3 is 0 Å². The number of thiophene rings is 1. The summed E-state index contributed by atoms with van der Waals surface area (Å²) in [6.07, 6.45) is 0. The van der Waals surface area contributed by atoms with Gasteiger partial charge in [-0.2, -0.15) is 0 Å². The standard InChI is InChI=1S/C9H4BrCl3OS/c10-8(5-1-2-6(11)14-5)4-3-7(12)15-9(4)13/h1-3,8H. The maximum absolute atomic E-state index is 6.03. The van der Waals surface area contributed by atoms with Gasteiger partial charge in [-0.1, -0.05) is 39.1 Å². The minimum absolute atomic E-state index is 0.124. The largest absolute Gasteiger partial charge is 0.448 e. The molecule has 15 heavy (non-hydrogen) atoms. The highest BCUT2D eigenvalue weighted by atomic mass is 79.9. The number of halogens is 4. The summed E-state index contributed by atoms with van der Waals surface area (Å²) in [4.78, 5) is -0.124. The van der Waals surface area contributed by atoms with Crippen molar-refractivity contribution in [1.29, 1.82) is 0 Å². The van der Waals surface area contributed by atoms with Crippen LogP contribution in [0.3, 0.4) is 0 Å². The normalized spacial score (nSPS) is 13.1. The van der Waals surface area contributed by atoms with E-state index in [2.05, 4.69) is 15.9 Å². The Bertz CT molecular complexity index is 479. The molecule has 0 fully saturated rings. The van der Waals surface area contributed by atoms with Crippen molar-refractivity contribution in [2.75, 3.05) is 0 Å². The fourth-order valence-corrected chi connectivity index (χ4v) is 3.72. The van der Waals surface area contributed by atoms with Crippen molar-refractivity contribution < 1.29 is 4.42 Å². The fraction of sp³-hybridized carbons (Fsp3) is 0.111. The SMILES string of the molecule is Clc1ccc(C(Br)c2cc(Cl)sc2Cl)o1. The molecular formula is C9H4BrCl3OS. The number of alkyl halides is 1. The lowest BCUT2D eigenvalue weighted by Crippen LogP contribution is -1.87. The molecule has 1 nitrogen and oxygen atoms in total. The van der Waals surface area contributed by atoms with Crippen molar-refractivity contribution in [2.45, 2.75) is 4.83 Å². The Hall–Kier alpha value is 0.330. The van der Waals surface area contributed by atoms with E-state index >= 15 is 0 Å². The molecule has 1 atom stereocenters. The van der Waals surface area contributed by atoms with E-state index in [-0.39, 0.29) is 4.83 Å². The molecule has 1 unspecified atom stereocenters. The van der Waals surface area contributed by atoms with E-state index in [9.17, 15) is 0 Å². The van der Waals surface area contributed by atoms with Gasteiger partial charge in [-0.05, 0) is 29.8 Å². The van der Waals surface area contributed by atoms with Crippen molar-refractivity contribution in [1.82, 2.24) is 0 Å². The van der Waals surface area contributed by atoms with E-state index in [0.29, 0.717) is 19.7 Å². The summed E-state index contributed by atoms with van der Waals surface area (Å²) in [7, 11) is 0. The Morgan fingerprint density at radius 1 is 1.27 bits per heavy atom. The summed E-state index contributed by atoms with van der Waals surface area (Å²) in [5.74, 6) is 0.705. The van der Waals surface area contributed by atoms with Crippen LogP contribution in [0.2, 0.25) is 13.9 Å². The summed E-state index contributed by atoms with van der Waals surface area (Å²) in [5.41, 5.74) is 0.887. The minimum atomic E-state index is -0.124. The third-order valence-electron chi connectivity index (χ3n) is 1.80. The summed E-state index contributed by atoms with van der Waals surface area (Å²) in [6.45, 7) is 0. The molecule has 2 heterocycles. The van der Waals surface area contributed by atoms with Crippen LogP contribution in [0, 0.1) is 0 Å². The van der Waals surface area contributed by atoms with Gasteiger partial charge in [0.15, 0.2) is 5.22 Å². The third kappa shape index (κ3) is 2.53. The van der Waals surface area contributed by atoms with Crippen molar-refractivity contribution in [3.8, 4) is 0 Å². The van der Waals surface area contributed by atoms with E-state index in [1.54, 1.807) is 12.1 Å². The van der Waals surface area contributed by atoms with E-state index in [1.807, 2.05) is 6.07 Å². The molecule has 80 valence electrons. The number of furan rings is 1. The first-order valence-electron chi connectivity index (χ1n) is 3.92. The zero-order valence-electron chi connectivity index (χ0n) is 7.14. The molecule has 2 rings (SSSR count). The molecule has 0 saturated heterocycles. The second kappa shape index (κ2) is 4.68. The van der Waals surface area contributed by atoms with Gasteiger partial charge in [-0.15, -0.1) is 11.3 Å². The van der Waals surface area contributed by atoms with Crippen LogP contribution in [-0.2, 0) is 0 Å². The molecule has 0 saturated carbocycles. The van der Waals surface area contributed by atoms with Crippen LogP contribution in [0.1, 0.15) is 16.2 Å². The average Bonchev–Trinajstić information content (AvgIpc) is 2.71. The Morgan fingerprint density at radius 2 is 2.00 bits per heavy atom. The van der Waals surface area contributed by atoms with Crippen molar-refractivity contribution >= 4 is 62.1 Å². The van der Waals surface area contributed by atoms with E-state index in [1.165, 1.54) is 11.3 Å². The molecule has 0 radical (unpaired) electrons. The lowest BCUT2D eigenvalue weighted by molar-refractivity contribution is 0.522. The average molecular weight is 346 g/mol. The first-order chi connectivity index (χ1) is 7.08. The quantitative estimate of drug-likeness (QED) is 0.628. The monoisotopic (exact) mass is 344 g/mol. The lowest BCUT2D eigenvalue weighted by Gasteiger charge is -2.04. The Labute approximate surface area is 114 Å². The summed E-state index contributed by atoms with van der Waals surface area (Å²) in [6, 6.07) is 5.29. The second-order valence-corrected chi connectivity index (χ2v) is 6.36. The number of hydrogen-bond donors (Lipinski definition) is 0. The first-order valence-corrected chi connectivity index (χ1v) is 6.78. The van der Waals surface area contributed by atoms with Crippen molar-refractivity contribution in [3.05, 3.63) is 43.4 Å². The van der Waals surface area contributed by atoms with Crippen LogP contribution in [0.25, 0.3) is 0 Å². The highest BCUT2D eigenvalue weighted by Gasteiger charge is 2.19. The highest BCUT2D eigenvalue weighted by Crippen LogP contribution is 2.42. The molecule has 2 aromatic rings. The first kappa shape index (κ1) is 11.8. The van der Waals surface area contributed by atoms with Crippen LogP contribution in [0.15, 0.2) is 22.6 Å². The highest BCUT2D eigenvalue weighted by molar-refractivity contribution is 9.09. The molecule has 6 heteroatoms. The Kier molecular flexibility index (Phi) is 3.68. The molecule has 0 aliphatic rings. The minimum Gasteiger partial charge on any atom is -0.448 e. The smallest absolute Gasteiger partial charge is 0.193 e. The van der Waals surface area contributed by atoms with Crippen LogP contribution >= 0.6 is 62.1 Å². The van der Waals surface area contributed by atoms with Gasteiger partial charge in [0.05, 0.1) is 13.5 Å². The molecular weight excluding hydrogens is 342 g/mol. The zero-order valence-corrected chi connectivity index (χ0v) is 11.8. The molecule has 2 aromatic heterocycles. The molecule has 0 spiro atoms. The summed E-state index contributed by atoms with van der Waals surface area (Å²) < 4.78 is 6.58. The maximum atomic E-state index is 6.03. The van der Waals surface area contributed by atoms with Crippen LogP contribution in [0.4, 0.5) is 0 Å². The van der Waals surface area contributed by atoms with Gasteiger partial charge in [0.2, 0.25) is 0 Å². The number of rotatable bonds is 2. The third-order valence-corrected chi connectivity index (χ3v) is 4.47. The van der Waals surface area contributed by atoms with Crippen molar-refractivity contribution in [2.24, 2.45) is 0 Å². The predicted octanol–water partition coefficient (Wildman–Crippen LogP) is 5.79. The van der Waals surface area contributed by atoms with Crippen molar-refractivity contribution in [3.63, 3.8) is 0 Å². The van der Waals surface area contributed by atoms with Gasteiger partial charge in [0, 0.05) is 5.56 Å². The zero-order chi connectivity index (χ0) is 11.0. The van der Waals surface area contributed by atoms with Gasteiger partial charge in [0.1, 0.15) is 5.76 Å². The summed E-state index contributed by atoms with van der Waals surface area (Å²) >= 11 is 22.4. The van der Waals surface area contributed by atoms with Gasteiger partial charge in [-0.3, -0.25) is 0 Å².